The van der Waals surface area contributed by atoms with Gasteiger partial charge >= 0.3 is 5.69 Å². The molecule has 1 aromatic heterocycles. The van der Waals surface area contributed by atoms with Crippen molar-refractivity contribution in [2.45, 2.75) is 20.8 Å². The van der Waals surface area contributed by atoms with Crippen molar-refractivity contribution in [2.24, 2.45) is 0 Å². The molecule has 0 unspecified atom stereocenters. The summed E-state index contributed by atoms with van der Waals surface area (Å²) in [6.45, 7) is 6.24. The van der Waals surface area contributed by atoms with Gasteiger partial charge in [0.2, 0.25) is 17.7 Å². The van der Waals surface area contributed by atoms with Crippen LogP contribution in [0.25, 0.3) is 0 Å². The van der Waals surface area contributed by atoms with E-state index in [1.165, 1.54) is 7.05 Å². The molecule has 0 radical (unpaired) electrons. The molecular weight excluding hydrogens is 276 g/mol. The second-order valence-corrected chi connectivity index (χ2v) is 4.28. The normalized spacial score (nSPS) is 10.1. The summed E-state index contributed by atoms with van der Waals surface area (Å²) in [7, 11) is 1.51. The first-order chi connectivity index (χ1) is 9.94. The number of carbonyl (C=O) groups is 1. The molecule has 9 nitrogen and oxygen atoms in total. The van der Waals surface area contributed by atoms with Crippen LogP contribution in [0.15, 0.2) is 0 Å². The number of nitrogens with zero attached hydrogens (tertiary/aromatic N) is 4. The number of likely N-dealkylation sites (N-methyl/N-ethyl adjacent to an activating group) is 2. The van der Waals surface area contributed by atoms with Crippen LogP contribution in [0.5, 0.6) is 0 Å². The van der Waals surface area contributed by atoms with Gasteiger partial charge in [0, 0.05) is 20.1 Å². The van der Waals surface area contributed by atoms with Crippen molar-refractivity contribution >= 4 is 23.4 Å². The Morgan fingerprint density at radius 1 is 1.38 bits per heavy atom. The number of anilines is 2. The molecule has 21 heavy (non-hydrogen) atoms. The topological polar surface area (TPSA) is 113 Å². The van der Waals surface area contributed by atoms with Gasteiger partial charge in [-0.3, -0.25) is 14.9 Å². The quantitative estimate of drug-likeness (QED) is 0.562. The van der Waals surface area contributed by atoms with E-state index in [2.05, 4.69) is 20.6 Å². The highest BCUT2D eigenvalue weighted by atomic mass is 16.6. The Morgan fingerprint density at radius 2 is 2.05 bits per heavy atom. The van der Waals surface area contributed by atoms with E-state index in [-0.39, 0.29) is 29.7 Å². The minimum absolute atomic E-state index is 0.00411. The Morgan fingerprint density at radius 3 is 2.52 bits per heavy atom. The molecule has 2 N–H and O–H groups in total. The van der Waals surface area contributed by atoms with Crippen molar-refractivity contribution in [3.05, 3.63) is 15.8 Å². The number of hydrogen-bond donors (Lipinski definition) is 2. The van der Waals surface area contributed by atoms with Crippen LogP contribution in [-0.2, 0) is 4.79 Å². The van der Waals surface area contributed by atoms with Crippen LogP contribution in [0, 0.1) is 17.0 Å². The Balaban J connectivity index is 3.33. The highest BCUT2D eigenvalue weighted by Crippen LogP contribution is 2.29. The SMILES string of the molecule is CCNc1nc(C)c([N+](=O)[O-])c(N(CC)CC(=O)NC)n1. The van der Waals surface area contributed by atoms with E-state index >= 15 is 0 Å². The summed E-state index contributed by atoms with van der Waals surface area (Å²) in [6.07, 6.45) is 0. The standard InChI is InChI=1S/C12H20N6O3/c1-5-14-12-15-8(3)10(18(20)21)11(16-12)17(6-2)7-9(19)13-4/h5-7H2,1-4H3,(H,13,19)(H,14,15,16). The third-order valence-corrected chi connectivity index (χ3v) is 2.85. The summed E-state index contributed by atoms with van der Waals surface area (Å²) in [5, 5.41) is 16.7. The van der Waals surface area contributed by atoms with Gasteiger partial charge in [0.25, 0.3) is 0 Å². The number of aromatic nitrogens is 2. The van der Waals surface area contributed by atoms with Crippen molar-refractivity contribution in [3.63, 3.8) is 0 Å². The van der Waals surface area contributed by atoms with Gasteiger partial charge in [0.15, 0.2) is 0 Å². The second kappa shape index (κ2) is 7.36. The van der Waals surface area contributed by atoms with E-state index in [9.17, 15) is 14.9 Å². The fourth-order valence-electron chi connectivity index (χ4n) is 1.81. The van der Waals surface area contributed by atoms with Crippen molar-refractivity contribution in [2.75, 3.05) is 36.9 Å². The molecule has 116 valence electrons. The monoisotopic (exact) mass is 296 g/mol. The lowest BCUT2D eigenvalue weighted by Crippen LogP contribution is -2.36. The van der Waals surface area contributed by atoms with Crippen molar-refractivity contribution < 1.29 is 9.72 Å². The van der Waals surface area contributed by atoms with Crippen molar-refractivity contribution in [3.8, 4) is 0 Å². The average Bonchev–Trinajstić information content (AvgIpc) is 2.43. The molecular formula is C12H20N6O3. The fourth-order valence-corrected chi connectivity index (χ4v) is 1.81. The van der Waals surface area contributed by atoms with Crippen LogP contribution in [0.1, 0.15) is 19.5 Å². The summed E-state index contributed by atoms with van der Waals surface area (Å²) in [5.41, 5.74) is 0.0821. The van der Waals surface area contributed by atoms with E-state index in [1.807, 2.05) is 6.92 Å². The maximum absolute atomic E-state index is 11.5. The maximum Gasteiger partial charge on any atom is 0.332 e. The highest BCUT2D eigenvalue weighted by molar-refractivity contribution is 5.81. The summed E-state index contributed by atoms with van der Waals surface area (Å²) >= 11 is 0. The first kappa shape index (κ1) is 16.6. The average molecular weight is 296 g/mol. The van der Waals surface area contributed by atoms with Gasteiger partial charge in [-0.15, -0.1) is 0 Å². The minimum Gasteiger partial charge on any atom is -0.358 e. The van der Waals surface area contributed by atoms with E-state index < -0.39 is 4.92 Å². The molecule has 0 bridgehead atoms. The van der Waals surface area contributed by atoms with Crippen molar-refractivity contribution in [1.82, 2.24) is 15.3 Å². The molecule has 1 aromatic rings. The molecule has 0 fully saturated rings. The van der Waals surface area contributed by atoms with Crippen LogP contribution in [-0.4, -0.2) is 47.5 Å². The predicted octanol–water partition coefficient (Wildman–Crippen LogP) is 0.697. The lowest BCUT2D eigenvalue weighted by atomic mass is 10.3. The molecule has 0 saturated heterocycles. The van der Waals surface area contributed by atoms with Crippen LogP contribution < -0.4 is 15.5 Å². The van der Waals surface area contributed by atoms with Gasteiger partial charge in [-0.1, -0.05) is 0 Å². The number of hydrogen-bond acceptors (Lipinski definition) is 7. The zero-order valence-electron chi connectivity index (χ0n) is 12.6. The molecule has 1 amide bonds. The molecule has 0 spiro atoms. The number of carbonyl (C=O) groups excluding carboxylic acids is 1. The van der Waals surface area contributed by atoms with Crippen LogP contribution in [0.2, 0.25) is 0 Å². The maximum atomic E-state index is 11.5. The van der Waals surface area contributed by atoms with Gasteiger partial charge in [0.05, 0.1) is 11.5 Å². The number of rotatable bonds is 7. The lowest BCUT2D eigenvalue weighted by molar-refractivity contribution is -0.385. The second-order valence-electron chi connectivity index (χ2n) is 4.28. The molecule has 0 aliphatic rings. The molecule has 0 saturated carbocycles. The van der Waals surface area contributed by atoms with Gasteiger partial charge in [-0.05, 0) is 20.8 Å². The molecule has 0 aliphatic heterocycles. The van der Waals surface area contributed by atoms with Gasteiger partial charge in [0.1, 0.15) is 5.69 Å². The van der Waals surface area contributed by atoms with Gasteiger partial charge < -0.3 is 15.5 Å². The number of nitro groups is 1. The van der Waals surface area contributed by atoms with Crippen LogP contribution in [0.4, 0.5) is 17.5 Å². The summed E-state index contributed by atoms with van der Waals surface area (Å²) in [4.78, 5) is 32.1. The van der Waals surface area contributed by atoms with Gasteiger partial charge in [-0.2, -0.15) is 4.98 Å². The Bertz CT molecular complexity index is 534. The molecule has 9 heteroatoms. The fraction of sp³-hybridized carbons (Fsp3) is 0.583. The van der Waals surface area contributed by atoms with E-state index in [0.29, 0.717) is 19.0 Å². The molecule has 0 aliphatic carbocycles. The highest BCUT2D eigenvalue weighted by Gasteiger charge is 2.26. The smallest absolute Gasteiger partial charge is 0.332 e. The number of amides is 1. The number of nitrogens with one attached hydrogen (secondary N) is 2. The summed E-state index contributed by atoms with van der Waals surface area (Å²) in [6, 6.07) is 0. The molecule has 1 heterocycles. The minimum atomic E-state index is -0.521. The van der Waals surface area contributed by atoms with Crippen LogP contribution >= 0.6 is 0 Å². The first-order valence-electron chi connectivity index (χ1n) is 6.66. The Kier molecular flexibility index (Phi) is 5.82. The summed E-state index contributed by atoms with van der Waals surface area (Å²) in [5.74, 6) is 0.216. The zero-order chi connectivity index (χ0) is 16.0. The summed E-state index contributed by atoms with van der Waals surface area (Å²) < 4.78 is 0. The largest absolute Gasteiger partial charge is 0.358 e. The molecule has 0 aromatic carbocycles. The Hall–Kier alpha value is -2.45. The van der Waals surface area contributed by atoms with Gasteiger partial charge in [-0.25, -0.2) is 4.98 Å². The predicted molar refractivity (Wildman–Crippen MR) is 79.5 cm³/mol. The lowest BCUT2D eigenvalue weighted by Gasteiger charge is -2.21. The van der Waals surface area contributed by atoms with Crippen molar-refractivity contribution in [1.29, 1.82) is 0 Å². The van der Waals surface area contributed by atoms with E-state index in [1.54, 1.807) is 18.7 Å². The third kappa shape index (κ3) is 4.01. The number of aryl methyl sites for hydroxylation is 1. The molecule has 0 atom stereocenters. The van der Waals surface area contributed by atoms with Crippen LogP contribution in [0.3, 0.4) is 0 Å². The molecule has 1 rings (SSSR count). The first-order valence-corrected chi connectivity index (χ1v) is 6.66. The Labute approximate surface area is 122 Å². The zero-order valence-corrected chi connectivity index (χ0v) is 12.6. The third-order valence-electron chi connectivity index (χ3n) is 2.85. The van der Waals surface area contributed by atoms with E-state index in [0.717, 1.165) is 0 Å². The van der Waals surface area contributed by atoms with E-state index in [4.69, 9.17) is 0 Å².